The maximum absolute atomic E-state index is 10.6. The van der Waals surface area contributed by atoms with Crippen LogP contribution in [0.2, 0.25) is 5.02 Å². The van der Waals surface area contributed by atoms with Crippen molar-refractivity contribution in [3.8, 4) is 0 Å². The molecule has 0 radical (unpaired) electrons. The highest BCUT2D eigenvalue weighted by Crippen LogP contribution is 2.01. The second kappa shape index (κ2) is 2.70. The number of hydrogen-bond acceptors (Lipinski definition) is 1. The van der Waals surface area contributed by atoms with Crippen molar-refractivity contribution in [3.05, 3.63) is 31.2 Å². The zero-order valence-corrected chi connectivity index (χ0v) is 7.23. The molecule has 0 aliphatic heterocycles. The fourth-order valence-corrected chi connectivity index (χ4v) is 0.967. The molecule has 1 aromatic rings. The highest BCUT2D eigenvalue weighted by molar-refractivity contribution is 14.1. The number of aromatic nitrogens is 1. The Morgan fingerprint density at radius 3 is 2.67 bits per heavy atom. The van der Waals surface area contributed by atoms with Crippen LogP contribution in [0.1, 0.15) is 0 Å². The molecule has 1 heterocycles. The maximum atomic E-state index is 10.6. The third-order valence-electron chi connectivity index (χ3n) is 0.826. The van der Waals surface area contributed by atoms with Gasteiger partial charge in [-0.3, -0.25) is 4.79 Å². The summed E-state index contributed by atoms with van der Waals surface area (Å²) in [6.45, 7) is 0. The summed E-state index contributed by atoms with van der Waals surface area (Å²) in [6, 6.07) is 3.31. The van der Waals surface area contributed by atoms with Crippen molar-refractivity contribution < 1.29 is 0 Å². The molecule has 48 valence electrons. The van der Waals surface area contributed by atoms with Crippen LogP contribution in [0.25, 0.3) is 0 Å². The average molecular weight is 255 g/mol. The number of halogens is 2. The number of pyridine rings is 1. The first kappa shape index (κ1) is 7.08. The Hall–Kier alpha value is -0.0300. The monoisotopic (exact) mass is 255 g/mol. The topological polar surface area (TPSA) is 32.9 Å². The molecular weight excluding hydrogens is 252 g/mol. The molecular formula is C5H3ClINO. The van der Waals surface area contributed by atoms with Gasteiger partial charge >= 0.3 is 0 Å². The number of rotatable bonds is 0. The summed E-state index contributed by atoms with van der Waals surface area (Å²) in [5.74, 6) is 0. The van der Waals surface area contributed by atoms with E-state index in [1.54, 1.807) is 12.1 Å². The Balaban J connectivity index is 3.34. The van der Waals surface area contributed by atoms with Crippen LogP contribution in [0.4, 0.5) is 0 Å². The normalized spacial score (nSPS) is 9.56. The first-order chi connectivity index (χ1) is 4.20. The molecule has 0 saturated carbocycles. The molecule has 1 rings (SSSR count). The summed E-state index contributed by atoms with van der Waals surface area (Å²) >= 11 is 7.44. The Labute approximate surface area is 70.4 Å². The Morgan fingerprint density at radius 1 is 1.56 bits per heavy atom. The quantitative estimate of drug-likeness (QED) is 0.555. The molecule has 0 aliphatic rings. The van der Waals surface area contributed by atoms with Crippen molar-refractivity contribution >= 4 is 34.2 Å². The zero-order valence-electron chi connectivity index (χ0n) is 4.32. The summed E-state index contributed by atoms with van der Waals surface area (Å²) in [5.41, 5.74) is -0.233. The Bertz CT molecular complexity index is 270. The second-order valence-corrected chi connectivity index (χ2v) is 3.05. The van der Waals surface area contributed by atoms with Crippen LogP contribution in [0.3, 0.4) is 0 Å². The van der Waals surface area contributed by atoms with Gasteiger partial charge in [0.25, 0.3) is 5.56 Å². The van der Waals surface area contributed by atoms with Crippen LogP contribution in [-0.2, 0) is 0 Å². The van der Waals surface area contributed by atoms with E-state index in [1.165, 1.54) is 0 Å². The van der Waals surface area contributed by atoms with E-state index in [2.05, 4.69) is 4.98 Å². The van der Waals surface area contributed by atoms with Gasteiger partial charge in [-0.25, -0.2) is 0 Å². The lowest BCUT2D eigenvalue weighted by molar-refractivity contribution is 1.19. The highest BCUT2D eigenvalue weighted by atomic mass is 127. The minimum absolute atomic E-state index is 0.232. The van der Waals surface area contributed by atoms with Gasteiger partial charge in [-0.05, 0) is 34.7 Å². The average Bonchev–Trinajstić information content (AvgIpc) is 1.80. The Kier molecular flexibility index (Phi) is 2.13. The van der Waals surface area contributed by atoms with E-state index < -0.39 is 0 Å². The molecule has 0 atom stereocenters. The van der Waals surface area contributed by atoms with Gasteiger partial charge in [0.15, 0.2) is 0 Å². The molecule has 0 amide bonds. The van der Waals surface area contributed by atoms with Crippen molar-refractivity contribution in [2.75, 3.05) is 0 Å². The lowest BCUT2D eigenvalue weighted by Crippen LogP contribution is -2.05. The predicted molar refractivity (Wildman–Crippen MR) is 44.8 cm³/mol. The van der Waals surface area contributed by atoms with Gasteiger partial charge in [0.1, 0.15) is 5.02 Å². The van der Waals surface area contributed by atoms with Crippen LogP contribution < -0.4 is 5.56 Å². The van der Waals surface area contributed by atoms with Crippen molar-refractivity contribution in [1.29, 1.82) is 0 Å². The van der Waals surface area contributed by atoms with Crippen LogP contribution in [-0.4, -0.2) is 4.98 Å². The maximum Gasteiger partial charge on any atom is 0.267 e. The summed E-state index contributed by atoms with van der Waals surface area (Å²) < 4.78 is 0.794. The summed E-state index contributed by atoms with van der Waals surface area (Å²) in [4.78, 5) is 13.2. The molecule has 2 nitrogen and oxygen atoms in total. The summed E-state index contributed by atoms with van der Waals surface area (Å²) in [5, 5.41) is 0.232. The van der Waals surface area contributed by atoms with E-state index in [4.69, 9.17) is 11.6 Å². The van der Waals surface area contributed by atoms with Crippen molar-refractivity contribution in [3.63, 3.8) is 0 Å². The van der Waals surface area contributed by atoms with Crippen LogP contribution in [0.5, 0.6) is 0 Å². The first-order valence-electron chi connectivity index (χ1n) is 2.24. The smallest absolute Gasteiger partial charge is 0.267 e. The molecule has 0 bridgehead atoms. The largest absolute Gasteiger partial charge is 0.316 e. The summed E-state index contributed by atoms with van der Waals surface area (Å²) in [6.07, 6.45) is 0. The van der Waals surface area contributed by atoms with Gasteiger partial charge in [-0.15, -0.1) is 0 Å². The fourth-order valence-electron chi connectivity index (χ4n) is 0.432. The molecule has 1 N–H and O–H groups in total. The molecule has 0 aromatic carbocycles. The van der Waals surface area contributed by atoms with Gasteiger partial charge < -0.3 is 4.98 Å². The molecule has 9 heavy (non-hydrogen) atoms. The minimum atomic E-state index is -0.233. The lowest BCUT2D eigenvalue weighted by Gasteiger charge is -1.87. The number of H-pyrrole nitrogens is 1. The molecule has 0 spiro atoms. The number of aromatic amines is 1. The second-order valence-electron chi connectivity index (χ2n) is 1.48. The van der Waals surface area contributed by atoms with E-state index in [0.29, 0.717) is 0 Å². The van der Waals surface area contributed by atoms with Gasteiger partial charge in [-0.2, -0.15) is 0 Å². The van der Waals surface area contributed by atoms with Crippen LogP contribution >= 0.6 is 34.2 Å². The highest BCUT2D eigenvalue weighted by Gasteiger charge is 1.92. The van der Waals surface area contributed by atoms with E-state index in [0.717, 1.165) is 3.70 Å². The van der Waals surface area contributed by atoms with Crippen LogP contribution in [0, 0.1) is 3.70 Å². The zero-order chi connectivity index (χ0) is 6.85. The van der Waals surface area contributed by atoms with Crippen molar-refractivity contribution in [2.45, 2.75) is 0 Å². The number of hydrogen-bond donors (Lipinski definition) is 1. The van der Waals surface area contributed by atoms with Crippen molar-refractivity contribution in [2.24, 2.45) is 0 Å². The van der Waals surface area contributed by atoms with E-state index in [1.807, 2.05) is 22.6 Å². The minimum Gasteiger partial charge on any atom is -0.316 e. The first-order valence-corrected chi connectivity index (χ1v) is 3.70. The fraction of sp³-hybridized carbons (Fsp3) is 0. The molecule has 0 aliphatic carbocycles. The van der Waals surface area contributed by atoms with Gasteiger partial charge in [0, 0.05) is 0 Å². The standard InChI is InChI=1S/C5H3ClINO/c6-3-1-2-4(7)8-5(3)9/h1-2H,(H,8,9). The van der Waals surface area contributed by atoms with Gasteiger partial charge in [0.05, 0.1) is 3.70 Å². The van der Waals surface area contributed by atoms with Crippen LogP contribution in [0.15, 0.2) is 16.9 Å². The van der Waals surface area contributed by atoms with Gasteiger partial charge in [-0.1, -0.05) is 11.6 Å². The molecule has 1 aromatic heterocycles. The summed E-state index contributed by atoms with van der Waals surface area (Å²) in [7, 11) is 0. The van der Waals surface area contributed by atoms with E-state index in [-0.39, 0.29) is 10.6 Å². The molecule has 4 heteroatoms. The number of nitrogens with one attached hydrogen (secondary N) is 1. The van der Waals surface area contributed by atoms with Crippen molar-refractivity contribution in [1.82, 2.24) is 4.98 Å². The van der Waals surface area contributed by atoms with E-state index >= 15 is 0 Å². The third kappa shape index (κ3) is 1.69. The molecule has 0 fully saturated rings. The third-order valence-corrected chi connectivity index (χ3v) is 1.75. The predicted octanol–water partition coefficient (Wildman–Crippen LogP) is 1.63. The Morgan fingerprint density at radius 2 is 2.22 bits per heavy atom. The van der Waals surface area contributed by atoms with E-state index in [9.17, 15) is 4.79 Å². The SMILES string of the molecule is O=c1[nH]c(I)ccc1Cl. The lowest BCUT2D eigenvalue weighted by atomic mass is 10.5. The molecule has 0 saturated heterocycles. The molecule has 0 unspecified atom stereocenters. The van der Waals surface area contributed by atoms with Gasteiger partial charge in [0.2, 0.25) is 0 Å².